The van der Waals surface area contributed by atoms with Gasteiger partial charge in [-0.05, 0) is 28.1 Å². The van der Waals surface area contributed by atoms with Crippen LogP contribution in [0.1, 0.15) is 24.2 Å². The lowest BCUT2D eigenvalue weighted by molar-refractivity contribution is -0.128. The first kappa shape index (κ1) is 14.0. The summed E-state index contributed by atoms with van der Waals surface area (Å²) in [5.74, 6) is -1.54. The summed E-state index contributed by atoms with van der Waals surface area (Å²) in [5.41, 5.74) is 0.00866. The number of carbonyl (C=O) groups is 1. The maximum Gasteiger partial charge on any atom is 0.349 e. The Balaban J connectivity index is 2.42. The Morgan fingerprint density at radius 3 is 2.68 bits per heavy atom. The van der Waals surface area contributed by atoms with Crippen LogP contribution in [0.25, 0.3) is 0 Å². The highest BCUT2D eigenvalue weighted by atomic mass is 79.9. The first-order valence-electron chi connectivity index (χ1n) is 5.46. The molecule has 1 aromatic carbocycles. The van der Waals surface area contributed by atoms with Crippen molar-refractivity contribution < 1.29 is 27.8 Å². The van der Waals surface area contributed by atoms with Crippen molar-refractivity contribution in [2.45, 2.75) is 26.1 Å². The van der Waals surface area contributed by atoms with E-state index in [0.717, 1.165) is 0 Å². The van der Waals surface area contributed by atoms with E-state index in [1.54, 1.807) is 19.9 Å². The van der Waals surface area contributed by atoms with Gasteiger partial charge in [0.1, 0.15) is 17.9 Å². The number of esters is 1. The quantitative estimate of drug-likeness (QED) is 0.794. The first-order chi connectivity index (χ1) is 8.80. The third-order valence-corrected chi connectivity index (χ3v) is 2.95. The minimum absolute atomic E-state index is 0.00866. The molecule has 0 aromatic heterocycles. The fourth-order valence-electron chi connectivity index (χ4n) is 1.65. The molecule has 7 heteroatoms. The molecule has 0 N–H and O–H groups in total. The van der Waals surface area contributed by atoms with Crippen LogP contribution in [0.4, 0.5) is 8.78 Å². The van der Waals surface area contributed by atoms with E-state index < -0.39 is 24.8 Å². The number of carbonyl (C=O) groups excluding carboxylic acids is 1. The second-order valence-electron chi connectivity index (χ2n) is 4.34. The van der Waals surface area contributed by atoms with E-state index in [1.807, 2.05) is 0 Å². The molecule has 0 saturated carbocycles. The maximum atomic E-state index is 12.2. The van der Waals surface area contributed by atoms with Gasteiger partial charge in [-0.1, -0.05) is 0 Å². The zero-order valence-electron chi connectivity index (χ0n) is 10.2. The van der Waals surface area contributed by atoms with Crippen LogP contribution in [0.3, 0.4) is 0 Å². The minimum atomic E-state index is -2.63. The number of alkyl halides is 2. The Morgan fingerprint density at radius 2 is 2.05 bits per heavy atom. The van der Waals surface area contributed by atoms with Crippen LogP contribution in [0.5, 0.6) is 11.5 Å². The molecule has 19 heavy (non-hydrogen) atoms. The molecule has 0 fully saturated rings. The lowest BCUT2D eigenvalue weighted by atomic mass is 10.1. The van der Waals surface area contributed by atoms with E-state index in [0.29, 0.717) is 4.47 Å². The van der Waals surface area contributed by atoms with Crippen molar-refractivity contribution in [1.82, 2.24) is 0 Å². The average Bonchev–Trinajstić information content (AvgIpc) is 2.27. The van der Waals surface area contributed by atoms with Gasteiger partial charge in [-0.2, -0.15) is 0 Å². The van der Waals surface area contributed by atoms with Gasteiger partial charge < -0.3 is 14.2 Å². The van der Waals surface area contributed by atoms with Gasteiger partial charge in [-0.3, -0.25) is 0 Å². The van der Waals surface area contributed by atoms with Gasteiger partial charge in [0, 0.05) is 13.8 Å². The Hall–Kier alpha value is -1.37. The standard InChI is InChI=1S/C12H11BrF2O4/c1-12(2)18-10-6(13)3-4-7(17-5-8(14)15)9(10)11(16)19-12/h3-4,8H,5H2,1-2H3. The van der Waals surface area contributed by atoms with E-state index >= 15 is 0 Å². The predicted molar refractivity (Wildman–Crippen MR) is 65.8 cm³/mol. The van der Waals surface area contributed by atoms with Crippen molar-refractivity contribution in [2.24, 2.45) is 0 Å². The number of fused-ring (bicyclic) bond motifs is 1. The molecule has 0 spiro atoms. The summed E-state index contributed by atoms with van der Waals surface area (Å²) in [6.45, 7) is 2.35. The number of rotatable bonds is 3. The number of ether oxygens (including phenoxy) is 3. The van der Waals surface area contributed by atoms with Crippen molar-refractivity contribution in [2.75, 3.05) is 6.61 Å². The number of hydrogen-bond donors (Lipinski definition) is 0. The summed E-state index contributed by atoms with van der Waals surface area (Å²) in [6.07, 6.45) is -2.63. The van der Waals surface area contributed by atoms with E-state index in [4.69, 9.17) is 14.2 Å². The third-order valence-electron chi connectivity index (χ3n) is 2.33. The summed E-state index contributed by atoms with van der Waals surface area (Å²) in [5, 5.41) is 0. The lowest BCUT2D eigenvalue weighted by Crippen LogP contribution is -2.39. The monoisotopic (exact) mass is 336 g/mol. The van der Waals surface area contributed by atoms with Gasteiger partial charge in [0.15, 0.2) is 5.75 Å². The second-order valence-corrected chi connectivity index (χ2v) is 5.20. The van der Waals surface area contributed by atoms with E-state index in [-0.39, 0.29) is 17.1 Å². The number of hydrogen-bond acceptors (Lipinski definition) is 4. The molecule has 0 radical (unpaired) electrons. The van der Waals surface area contributed by atoms with Crippen LogP contribution in [-0.4, -0.2) is 24.8 Å². The summed E-state index contributed by atoms with van der Waals surface area (Å²) >= 11 is 3.24. The topological polar surface area (TPSA) is 44.8 Å². The second kappa shape index (κ2) is 4.96. The zero-order chi connectivity index (χ0) is 14.2. The smallest absolute Gasteiger partial charge is 0.349 e. The maximum absolute atomic E-state index is 12.2. The first-order valence-corrected chi connectivity index (χ1v) is 6.25. The van der Waals surface area contributed by atoms with Gasteiger partial charge >= 0.3 is 5.97 Å². The fraction of sp³-hybridized carbons (Fsp3) is 0.417. The fourth-order valence-corrected chi connectivity index (χ4v) is 2.06. The summed E-state index contributed by atoms with van der Waals surface area (Å²) in [6, 6.07) is 2.97. The molecule has 4 nitrogen and oxygen atoms in total. The van der Waals surface area contributed by atoms with E-state index in [9.17, 15) is 13.6 Å². The van der Waals surface area contributed by atoms with Gasteiger partial charge in [-0.25, -0.2) is 13.6 Å². The molecule has 1 aliphatic heterocycles. The van der Waals surface area contributed by atoms with Gasteiger partial charge in [0.2, 0.25) is 5.79 Å². The Morgan fingerprint density at radius 1 is 1.37 bits per heavy atom. The van der Waals surface area contributed by atoms with E-state index in [2.05, 4.69) is 15.9 Å². The number of cyclic esters (lactones) is 1. The van der Waals surface area contributed by atoms with Gasteiger partial charge in [-0.15, -0.1) is 0 Å². The molecule has 0 bridgehead atoms. The molecule has 1 aliphatic rings. The molecule has 0 amide bonds. The van der Waals surface area contributed by atoms with Crippen molar-refractivity contribution in [3.63, 3.8) is 0 Å². The SMILES string of the molecule is CC1(C)OC(=O)c2c(OCC(F)F)ccc(Br)c2O1. The van der Waals surface area contributed by atoms with Crippen molar-refractivity contribution in [3.05, 3.63) is 22.2 Å². The highest BCUT2D eigenvalue weighted by Gasteiger charge is 2.37. The zero-order valence-corrected chi connectivity index (χ0v) is 11.8. The highest BCUT2D eigenvalue weighted by Crippen LogP contribution is 2.42. The highest BCUT2D eigenvalue weighted by molar-refractivity contribution is 9.10. The van der Waals surface area contributed by atoms with Crippen LogP contribution in [0.15, 0.2) is 16.6 Å². The number of halogens is 3. The van der Waals surface area contributed by atoms with Gasteiger partial charge in [0.05, 0.1) is 4.47 Å². The molecule has 0 aliphatic carbocycles. The van der Waals surface area contributed by atoms with E-state index in [1.165, 1.54) is 6.07 Å². The van der Waals surface area contributed by atoms with Crippen LogP contribution in [0, 0.1) is 0 Å². The predicted octanol–water partition coefficient (Wildman–Crippen LogP) is 3.38. The Bertz CT molecular complexity index is 517. The number of benzene rings is 1. The summed E-state index contributed by atoms with van der Waals surface area (Å²) < 4.78 is 40.3. The minimum Gasteiger partial charge on any atom is -0.487 e. The average molecular weight is 337 g/mol. The van der Waals surface area contributed by atoms with Crippen LogP contribution in [-0.2, 0) is 4.74 Å². The third kappa shape index (κ3) is 2.97. The normalized spacial score (nSPS) is 16.6. The molecule has 1 aromatic rings. The molecule has 0 saturated heterocycles. The molecule has 0 atom stereocenters. The van der Waals surface area contributed by atoms with Crippen molar-refractivity contribution in [1.29, 1.82) is 0 Å². The largest absolute Gasteiger partial charge is 0.487 e. The lowest BCUT2D eigenvalue weighted by Gasteiger charge is -2.32. The van der Waals surface area contributed by atoms with Crippen molar-refractivity contribution in [3.8, 4) is 11.5 Å². The Labute approximate surface area is 116 Å². The van der Waals surface area contributed by atoms with Crippen LogP contribution < -0.4 is 9.47 Å². The summed E-state index contributed by atoms with van der Waals surface area (Å²) in [4.78, 5) is 11.9. The molecular weight excluding hydrogens is 326 g/mol. The Kier molecular flexibility index (Phi) is 3.66. The van der Waals surface area contributed by atoms with Gasteiger partial charge in [0.25, 0.3) is 6.43 Å². The summed E-state index contributed by atoms with van der Waals surface area (Å²) in [7, 11) is 0. The molecule has 1 heterocycles. The van der Waals surface area contributed by atoms with Crippen LogP contribution >= 0.6 is 15.9 Å². The molecular formula is C12H11BrF2O4. The molecule has 0 unspecified atom stereocenters. The molecule has 2 rings (SSSR count). The van der Waals surface area contributed by atoms with Crippen LogP contribution in [0.2, 0.25) is 0 Å². The molecule has 104 valence electrons. The van der Waals surface area contributed by atoms with Crippen molar-refractivity contribution >= 4 is 21.9 Å².